The fraction of sp³-hybridized carbons (Fsp3) is 0.125. The molecule has 5 heteroatoms. The molecule has 3 rings (SSSR count). The second-order valence-electron chi connectivity index (χ2n) is 4.78. The minimum Gasteiger partial charge on any atom is -0.355 e. The number of nitrogens with one attached hydrogen (secondary N) is 2. The van der Waals surface area contributed by atoms with Crippen LogP contribution in [0.25, 0.3) is 22.4 Å². The molecular weight excluding hydrogens is 269 g/mol. The molecule has 0 bridgehead atoms. The monoisotopic (exact) mass is 283 g/mol. The Morgan fingerprint density at radius 3 is 2.71 bits per heavy atom. The van der Waals surface area contributed by atoms with Crippen molar-refractivity contribution in [3.8, 4) is 11.4 Å². The fourth-order valence-corrected chi connectivity index (χ4v) is 2.42. The van der Waals surface area contributed by atoms with Crippen molar-refractivity contribution in [2.45, 2.75) is 6.92 Å². The van der Waals surface area contributed by atoms with Crippen molar-refractivity contribution < 1.29 is 9.18 Å². The van der Waals surface area contributed by atoms with E-state index in [1.807, 2.05) is 24.3 Å². The van der Waals surface area contributed by atoms with Crippen LogP contribution in [-0.4, -0.2) is 22.9 Å². The maximum Gasteiger partial charge on any atom is 0.251 e. The Balaban J connectivity index is 2.23. The second-order valence-corrected chi connectivity index (χ2v) is 4.78. The zero-order valence-electron chi connectivity index (χ0n) is 11.7. The lowest BCUT2D eigenvalue weighted by Gasteiger charge is -2.09. The molecule has 21 heavy (non-hydrogen) atoms. The Kier molecular flexibility index (Phi) is 3.17. The first-order valence-electron chi connectivity index (χ1n) is 6.58. The van der Waals surface area contributed by atoms with E-state index < -0.39 is 5.82 Å². The molecule has 2 aromatic carbocycles. The highest BCUT2D eigenvalue weighted by molar-refractivity contribution is 5.97. The SMILES string of the molecule is CNC(=O)c1ccc(F)c(-c2nc3ccccc3[nH]2)c1C. The normalized spacial score (nSPS) is 10.8. The molecule has 0 saturated carbocycles. The molecule has 0 atom stereocenters. The van der Waals surface area contributed by atoms with Gasteiger partial charge in [0.25, 0.3) is 5.91 Å². The molecular formula is C16H14FN3O. The number of nitrogens with zero attached hydrogens (tertiary/aromatic N) is 1. The van der Waals surface area contributed by atoms with Gasteiger partial charge in [0.2, 0.25) is 0 Å². The van der Waals surface area contributed by atoms with Crippen LogP contribution in [-0.2, 0) is 0 Å². The third-order valence-electron chi connectivity index (χ3n) is 3.51. The van der Waals surface area contributed by atoms with Crippen LogP contribution in [0, 0.1) is 12.7 Å². The first kappa shape index (κ1) is 13.3. The number of aromatic amines is 1. The van der Waals surface area contributed by atoms with Gasteiger partial charge in [-0.3, -0.25) is 4.79 Å². The van der Waals surface area contributed by atoms with E-state index >= 15 is 0 Å². The summed E-state index contributed by atoms with van der Waals surface area (Å²) in [7, 11) is 1.55. The summed E-state index contributed by atoms with van der Waals surface area (Å²) in [5, 5.41) is 2.55. The lowest BCUT2D eigenvalue weighted by Crippen LogP contribution is -2.19. The van der Waals surface area contributed by atoms with Crippen molar-refractivity contribution in [3.05, 3.63) is 53.3 Å². The van der Waals surface area contributed by atoms with Crippen LogP contribution < -0.4 is 5.32 Å². The number of hydrogen-bond acceptors (Lipinski definition) is 2. The molecule has 0 aliphatic rings. The van der Waals surface area contributed by atoms with E-state index in [1.54, 1.807) is 14.0 Å². The zero-order valence-corrected chi connectivity index (χ0v) is 11.7. The molecule has 0 aliphatic carbocycles. The number of amides is 1. The topological polar surface area (TPSA) is 57.8 Å². The highest BCUT2D eigenvalue weighted by Gasteiger charge is 2.18. The van der Waals surface area contributed by atoms with Gasteiger partial charge in [-0.05, 0) is 36.8 Å². The predicted molar refractivity (Wildman–Crippen MR) is 79.6 cm³/mol. The average Bonchev–Trinajstić information content (AvgIpc) is 2.90. The molecule has 106 valence electrons. The van der Waals surface area contributed by atoms with Gasteiger partial charge >= 0.3 is 0 Å². The summed E-state index contributed by atoms with van der Waals surface area (Å²) in [6.45, 7) is 1.72. The summed E-state index contributed by atoms with van der Waals surface area (Å²) in [4.78, 5) is 19.3. The van der Waals surface area contributed by atoms with Crippen LogP contribution in [0.15, 0.2) is 36.4 Å². The molecule has 1 aromatic heterocycles. The summed E-state index contributed by atoms with van der Waals surface area (Å²) in [6, 6.07) is 10.3. The minimum absolute atomic E-state index is 0.245. The van der Waals surface area contributed by atoms with E-state index in [-0.39, 0.29) is 5.91 Å². The summed E-state index contributed by atoms with van der Waals surface area (Å²) < 4.78 is 14.2. The van der Waals surface area contributed by atoms with E-state index in [2.05, 4.69) is 15.3 Å². The summed E-state index contributed by atoms with van der Waals surface area (Å²) in [6.07, 6.45) is 0. The number of halogens is 1. The van der Waals surface area contributed by atoms with Gasteiger partial charge in [-0.25, -0.2) is 9.37 Å². The number of carbonyl (C=O) groups excluding carboxylic acids is 1. The highest BCUT2D eigenvalue weighted by atomic mass is 19.1. The molecule has 1 amide bonds. The molecule has 0 fully saturated rings. The third-order valence-corrected chi connectivity index (χ3v) is 3.51. The zero-order chi connectivity index (χ0) is 15.0. The van der Waals surface area contributed by atoms with Crippen LogP contribution in [0.4, 0.5) is 4.39 Å². The quantitative estimate of drug-likeness (QED) is 0.759. The molecule has 0 spiro atoms. The Hall–Kier alpha value is -2.69. The standard InChI is InChI=1S/C16H14FN3O/c1-9-10(16(21)18-2)7-8-11(17)14(9)15-19-12-5-3-4-6-13(12)20-15/h3-8H,1-2H3,(H,18,21)(H,19,20). The van der Waals surface area contributed by atoms with Crippen molar-refractivity contribution >= 4 is 16.9 Å². The molecule has 3 aromatic rings. The summed E-state index contributed by atoms with van der Waals surface area (Å²) in [5.74, 6) is -0.221. The van der Waals surface area contributed by atoms with E-state index in [1.165, 1.54) is 12.1 Å². The molecule has 2 N–H and O–H groups in total. The van der Waals surface area contributed by atoms with Crippen LogP contribution in [0.1, 0.15) is 15.9 Å². The predicted octanol–water partition coefficient (Wildman–Crippen LogP) is 3.04. The van der Waals surface area contributed by atoms with Gasteiger partial charge in [0.15, 0.2) is 0 Å². The lowest BCUT2D eigenvalue weighted by molar-refractivity contribution is 0.0962. The Labute approximate surface area is 121 Å². The Morgan fingerprint density at radius 2 is 2.00 bits per heavy atom. The summed E-state index contributed by atoms with van der Waals surface area (Å²) in [5.41, 5.74) is 2.92. The number of carbonyl (C=O) groups is 1. The van der Waals surface area contributed by atoms with Crippen molar-refractivity contribution in [1.82, 2.24) is 15.3 Å². The highest BCUT2D eigenvalue weighted by Crippen LogP contribution is 2.28. The smallest absolute Gasteiger partial charge is 0.251 e. The largest absolute Gasteiger partial charge is 0.355 e. The molecule has 0 radical (unpaired) electrons. The van der Waals surface area contributed by atoms with E-state index in [4.69, 9.17) is 0 Å². The Bertz CT molecular complexity index is 806. The van der Waals surface area contributed by atoms with Crippen LogP contribution in [0.3, 0.4) is 0 Å². The Morgan fingerprint density at radius 1 is 1.24 bits per heavy atom. The molecule has 0 unspecified atom stereocenters. The number of aromatic nitrogens is 2. The van der Waals surface area contributed by atoms with Crippen LogP contribution in [0.5, 0.6) is 0 Å². The number of rotatable bonds is 2. The number of fused-ring (bicyclic) bond motifs is 1. The first-order chi connectivity index (χ1) is 10.1. The van der Waals surface area contributed by atoms with Gasteiger partial charge < -0.3 is 10.3 Å². The van der Waals surface area contributed by atoms with Gasteiger partial charge in [-0.1, -0.05) is 12.1 Å². The van der Waals surface area contributed by atoms with Gasteiger partial charge in [0, 0.05) is 12.6 Å². The van der Waals surface area contributed by atoms with E-state index in [0.29, 0.717) is 22.5 Å². The van der Waals surface area contributed by atoms with Crippen molar-refractivity contribution in [2.75, 3.05) is 7.05 Å². The van der Waals surface area contributed by atoms with Crippen molar-refractivity contribution in [2.24, 2.45) is 0 Å². The molecule has 0 aliphatic heterocycles. The fourth-order valence-electron chi connectivity index (χ4n) is 2.42. The van der Waals surface area contributed by atoms with Gasteiger partial charge in [0.05, 0.1) is 16.6 Å². The third kappa shape index (κ3) is 2.16. The van der Waals surface area contributed by atoms with Gasteiger partial charge in [-0.15, -0.1) is 0 Å². The summed E-state index contributed by atoms with van der Waals surface area (Å²) >= 11 is 0. The van der Waals surface area contributed by atoms with Gasteiger partial charge in [0.1, 0.15) is 11.6 Å². The molecule has 1 heterocycles. The van der Waals surface area contributed by atoms with Crippen LogP contribution >= 0.6 is 0 Å². The second kappa shape index (κ2) is 5.01. The minimum atomic E-state index is -0.404. The molecule has 0 saturated heterocycles. The first-order valence-corrected chi connectivity index (χ1v) is 6.58. The van der Waals surface area contributed by atoms with E-state index in [0.717, 1.165) is 11.0 Å². The van der Waals surface area contributed by atoms with Gasteiger partial charge in [-0.2, -0.15) is 0 Å². The number of H-pyrrole nitrogens is 1. The average molecular weight is 283 g/mol. The van der Waals surface area contributed by atoms with Crippen molar-refractivity contribution in [1.29, 1.82) is 0 Å². The number of hydrogen-bond donors (Lipinski definition) is 2. The maximum absolute atomic E-state index is 14.2. The van der Waals surface area contributed by atoms with Crippen LogP contribution in [0.2, 0.25) is 0 Å². The maximum atomic E-state index is 14.2. The molecule has 4 nitrogen and oxygen atoms in total. The lowest BCUT2D eigenvalue weighted by atomic mass is 10.0. The number of para-hydroxylation sites is 2. The number of benzene rings is 2. The number of imidazole rings is 1. The van der Waals surface area contributed by atoms with Crippen molar-refractivity contribution in [3.63, 3.8) is 0 Å². The van der Waals surface area contributed by atoms with E-state index in [9.17, 15) is 9.18 Å².